The Morgan fingerprint density at radius 3 is 2.60 bits per heavy atom. The lowest BCUT2D eigenvalue weighted by atomic mass is 10.3. The average Bonchev–Trinajstić information content (AvgIpc) is 2.05. The van der Waals surface area contributed by atoms with Crippen molar-refractivity contribution in [3.63, 3.8) is 0 Å². The monoisotopic (exact) mass is 179 g/mol. The number of rotatable bonds is 2. The van der Waals surface area contributed by atoms with Crippen molar-refractivity contribution in [3.8, 4) is 0 Å². The number of hydrogen-bond acceptors (Lipinski definition) is 4. The van der Waals surface area contributed by atoms with E-state index in [0.29, 0.717) is 6.04 Å². The van der Waals surface area contributed by atoms with Crippen LogP contribution in [0.25, 0.3) is 0 Å². The lowest BCUT2D eigenvalue weighted by Gasteiger charge is -2.30. The molecule has 1 fully saturated rings. The number of nitrogens with zero attached hydrogens (tertiary/aromatic N) is 1. The third kappa shape index (κ3) is 2.34. The molecular weight excluding hydrogens is 166 g/mol. The first kappa shape index (κ1) is 8.71. The van der Waals surface area contributed by atoms with Crippen LogP contribution in [-0.4, -0.2) is 39.5 Å². The lowest BCUT2D eigenvalue weighted by Crippen LogP contribution is -2.36. The quantitative estimate of drug-likeness (QED) is 0.684. The highest BCUT2D eigenvalue weighted by Gasteiger charge is 2.15. The Hall–Kier alpha value is 0.620. The zero-order valence-electron chi connectivity index (χ0n) is 6.12. The van der Waals surface area contributed by atoms with E-state index in [0.717, 1.165) is 11.8 Å². The van der Waals surface area contributed by atoms with Gasteiger partial charge in [-0.2, -0.15) is 0 Å². The van der Waals surface area contributed by atoms with Gasteiger partial charge in [-0.05, 0) is 6.92 Å². The van der Waals surface area contributed by atoms with Crippen LogP contribution < -0.4 is 0 Å². The molecule has 1 rings (SSSR count). The fourth-order valence-electron chi connectivity index (χ4n) is 0.775. The second-order valence-electron chi connectivity index (χ2n) is 2.40. The Morgan fingerprint density at radius 2 is 2.10 bits per heavy atom. The van der Waals surface area contributed by atoms with Crippen LogP contribution in [-0.2, 0) is 0 Å². The van der Waals surface area contributed by atoms with Gasteiger partial charge in [0.15, 0.2) is 0 Å². The van der Waals surface area contributed by atoms with Gasteiger partial charge < -0.3 is 5.11 Å². The maximum atomic E-state index is 8.83. The van der Waals surface area contributed by atoms with Gasteiger partial charge in [-0.1, -0.05) is 0 Å². The van der Waals surface area contributed by atoms with Crippen LogP contribution in [0, 0.1) is 0 Å². The molecule has 1 aliphatic heterocycles. The number of aliphatic hydroxyl groups is 1. The largest absolute Gasteiger partial charge is 0.395 e. The Balaban J connectivity index is 2.24. The van der Waals surface area contributed by atoms with Crippen LogP contribution in [0.3, 0.4) is 0 Å². The number of thioether (sulfide) groups is 2. The molecule has 1 heterocycles. The van der Waals surface area contributed by atoms with Crippen molar-refractivity contribution in [2.75, 3.05) is 23.4 Å². The first-order valence-electron chi connectivity index (χ1n) is 3.35. The van der Waals surface area contributed by atoms with Crippen molar-refractivity contribution in [2.24, 2.45) is 0 Å². The molecule has 0 aromatic carbocycles. The summed E-state index contributed by atoms with van der Waals surface area (Å²) in [5, 5.41) is 10.0. The van der Waals surface area contributed by atoms with E-state index < -0.39 is 0 Å². The van der Waals surface area contributed by atoms with Gasteiger partial charge in [-0.25, -0.2) is 0 Å². The van der Waals surface area contributed by atoms with Crippen LogP contribution in [0.15, 0.2) is 0 Å². The molecule has 0 aromatic heterocycles. The van der Waals surface area contributed by atoms with Crippen molar-refractivity contribution < 1.29 is 5.11 Å². The van der Waals surface area contributed by atoms with Gasteiger partial charge in [0, 0.05) is 22.9 Å². The zero-order valence-corrected chi connectivity index (χ0v) is 7.75. The summed E-state index contributed by atoms with van der Waals surface area (Å²) < 4.78 is 0. The molecule has 1 atom stereocenters. The van der Waals surface area contributed by atoms with E-state index >= 15 is 0 Å². The van der Waals surface area contributed by atoms with Gasteiger partial charge in [-0.3, -0.25) is 4.90 Å². The standard InChI is InChI=1S/C6H13NOS2/c1-6(2-8)7-3-9-5-10-4-7/h6,8H,2-5H2,1H3. The molecular formula is C6H13NOS2. The predicted octanol–water partition coefficient (Wildman–Crippen LogP) is 1.02. The third-order valence-corrected chi connectivity index (χ3v) is 3.93. The summed E-state index contributed by atoms with van der Waals surface area (Å²) in [4.78, 5) is 2.29. The Morgan fingerprint density at radius 1 is 1.50 bits per heavy atom. The van der Waals surface area contributed by atoms with E-state index in [-0.39, 0.29) is 6.61 Å². The van der Waals surface area contributed by atoms with Crippen molar-refractivity contribution in [2.45, 2.75) is 13.0 Å². The summed E-state index contributed by atoms with van der Waals surface area (Å²) in [5.74, 6) is 2.16. The zero-order chi connectivity index (χ0) is 7.40. The number of aliphatic hydroxyl groups excluding tert-OH is 1. The molecule has 0 bridgehead atoms. The van der Waals surface area contributed by atoms with E-state index in [1.165, 1.54) is 5.08 Å². The molecule has 2 nitrogen and oxygen atoms in total. The van der Waals surface area contributed by atoms with Gasteiger partial charge >= 0.3 is 0 Å². The topological polar surface area (TPSA) is 23.5 Å². The molecule has 0 spiro atoms. The Kier molecular flexibility index (Phi) is 3.91. The molecule has 1 saturated heterocycles. The molecule has 0 radical (unpaired) electrons. The van der Waals surface area contributed by atoms with E-state index in [1.807, 2.05) is 23.5 Å². The molecule has 10 heavy (non-hydrogen) atoms. The highest BCUT2D eigenvalue weighted by Crippen LogP contribution is 2.22. The normalized spacial score (nSPS) is 24.6. The molecule has 0 aliphatic carbocycles. The van der Waals surface area contributed by atoms with Crippen molar-refractivity contribution in [1.29, 1.82) is 0 Å². The van der Waals surface area contributed by atoms with E-state index in [4.69, 9.17) is 5.11 Å². The molecule has 4 heteroatoms. The van der Waals surface area contributed by atoms with Gasteiger partial charge in [0.25, 0.3) is 0 Å². The highest BCUT2D eigenvalue weighted by molar-refractivity contribution is 8.16. The summed E-state index contributed by atoms with van der Waals surface area (Å²) in [6, 6.07) is 0.334. The first-order valence-corrected chi connectivity index (χ1v) is 5.66. The number of hydrogen-bond donors (Lipinski definition) is 1. The summed E-state index contributed by atoms with van der Waals surface area (Å²) in [6.45, 7) is 2.34. The van der Waals surface area contributed by atoms with Crippen molar-refractivity contribution in [3.05, 3.63) is 0 Å². The van der Waals surface area contributed by atoms with Gasteiger partial charge in [-0.15, -0.1) is 23.5 Å². The maximum absolute atomic E-state index is 8.83. The summed E-state index contributed by atoms with van der Waals surface area (Å²) in [6.07, 6.45) is 0. The Labute approximate surface area is 70.4 Å². The van der Waals surface area contributed by atoms with E-state index in [1.54, 1.807) is 0 Å². The SMILES string of the molecule is CC(CO)N1CSCSC1. The molecule has 1 aliphatic rings. The van der Waals surface area contributed by atoms with Crippen LogP contribution in [0.5, 0.6) is 0 Å². The fourth-order valence-corrected chi connectivity index (χ4v) is 3.12. The Bertz CT molecular complexity index is 95.7. The molecule has 0 aromatic rings. The predicted molar refractivity (Wildman–Crippen MR) is 48.2 cm³/mol. The van der Waals surface area contributed by atoms with Crippen LogP contribution in [0.1, 0.15) is 6.92 Å². The minimum Gasteiger partial charge on any atom is -0.395 e. The fraction of sp³-hybridized carbons (Fsp3) is 1.00. The maximum Gasteiger partial charge on any atom is 0.0584 e. The second-order valence-corrected chi connectivity index (χ2v) is 4.68. The summed E-state index contributed by atoms with van der Waals surface area (Å²) in [7, 11) is 0. The van der Waals surface area contributed by atoms with Gasteiger partial charge in [0.05, 0.1) is 6.61 Å². The van der Waals surface area contributed by atoms with Gasteiger partial charge in [0.2, 0.25) is 0 Å². The molecule has 0 saturated carbocycles. The van der Waals surface area contributed by atoms with E-state index in [2.05, 4.69) is 11.8 Å². The van der Waals surface area contributed by atoms with Crippen LogP contribution >= 0.6 is 23.5 Å². The summed E-state index contributed by atoms with van der Waals surface area (Å²) in [5.41, 5.74) is 0. The molecule has 1 unspecified atom stereocenters. The van der Waals surface area contributed by atoms with Crippen molar-refractivity contribution >= 4 is 23.5 Å². The smallest absolute Gasteiger partial charge is 0.0584 e. The average molecular weight is 179 g/mol. The lowest BCUT2D eigenvalue weighted by molar-refractivity contribution is 0.171. The molecule has 1 N–H and O–H groups in total. The van der Waals surface area contributed by atoms with Crippen molar-refractivity contribution in [1.82, 2.24) is 4.90 Å². The molecule has 60 valence electrons. The minimum atomic E-state index is 0.279. The van der Waals surface area contributed by atoms with Crippen LogP contribution in [0.4, 0.5) is 0 Å². The minimum absolute atomic E-state index is 0.279. The van der Waals surface area contributed by atoms with E-state index in [9.17, 15) is 0 Å². The second kappa shape index (κ2) is 4.49. The summed E-state index contributed by atoms with van der Waals surface area (Å²) >= 11 is 3.85. The highest BCUT2D eigenvalue weighted by atomic mass is 32.2. The first-order chi connectivity index (χ1) is 4.84. The third-order valence-electron chi connectivity index (χ3n) is 1.57. The van der Waals surface area contributed by atoms with Gasteiger partial charge in [0.1, 0.15) is 0 Å². The molecule has 0 amide bonds. The van der Waals surface area contributed by atoms with Crippen LogP contribution in [0.2, 0.25) is 0 Å².